The van der Waals surface area contributed by atoms with Crippen LogP contribution in [-0.4, -0.2) is 0 Å². The molecule has 0 unspecified atom stereocenters. The van der Waals surface area contributed by atoms with Crippen LogP contribution in [0.1, 0.15) is 11.1 Å². The maximum absolute atomic E-state index is 6.34. The van der Waals surface area contributed by atoms with Gasteiger partial charge in [-0.05, 0) is 74.5 Å². The van der Waals surface area contributed by atoms with Gasteiger partial charge in [0.15, 0.2) is 23.0 Å². The molecule has 6 aromatic rings. The zero-order chi connectivity index (χ0) is 29.4. The summed E-state index contributed by atoms with van der Waals surface area (Å²) in [6, 6.07) is 47.0. The summed E-state index contributed by atoms with van der Waals surface area (Å²) in [4.78, 5) is 0. The predicted molar refractivity (Wildman–Crippen MR) is 170 cm³/mol. The molecule has 6 aromatic carbocycles. The molecule has 0 spiro atoms. The van der Waals surface area contributed by atoms with E-state index in [1.54, 1.807) is 0 Å². The molecule has 0 aliphatic heterocycles. The van der Waals surface area contributed by atoms with Crippen molar-refractivity contribution >= 4 is 11.4 Å². The minimum absolute atomic E-state index is 0.620. The van der Waals surface area contributed by atoms with Crippen molar-refractivity contribution in [2.75, 3.05) is 0 Å². The average molecular weight is 567 g/mol. The topological polar surface area (TPSA) is 53.5 Å². The lowest BCUT2D eigenvalue weighted by atomic mass is 10.1. The molecule has 0 aliphatic rings. The Morgan fingerprint density at radius 2 is 0.605 bits per heavy atom. The minimum Gasteiger partial charge on any atom is -0.453 e. The third-order valence-electron chi connectivity index (χ3n) is 6.86. The molecule has 5 nitrogen and oxygen atoms in total. The van der Waals surface area contributed by atoms with Gasteiger partial charge in [0.2, 0.25) is 0 Å². The predicted octanol–water partition coefficient (Wildman–Crippen LogP) is 10.00. The number of aryl methyl sites for hydroxylation is 2. The van der Waals surface area contributed by atoms with Crippen molar-refractivity contribution in [2.24, 2.45) is 0 Å². The van der Waals surface area contributed by atoms with E-state index in [4.69, 9.17) is 18.9 Å². The van der Waals surface area contributed by atoms with Gasteiger partial charge in [0.05, 0.1) is 0 Å². The highest BCUT2D eigenvalue weighted by Gasteiger charge is 2.19. The monoisotopic (exact) mass is 566 g/mol. The molecule has 0 atom stereocenters. The van der Waals surface area contributed by atoms with Crippen LogP contribution in [-0.2, 0) is 0 Å². The number of rotatable bonds is 10. The van der Waals surface area contributed by atoms with E-state index in [1.807, 2.05) is 146 Å². The molecular formula is C38H32NO4+. The second-order valence-corrected chi connectivity index (χ2v) is 10.1. The number of ether oxygens (including phenoxy) is 4. The average Bonchev–Trinajstić information content (AvgIpc) is 3.03. The lowest BCUT2D eigenvalue weighted by molar-refractivity contribution is -0.479. The fraction of sp³-hybridized carbons (Fsp3) is 0.0526. The maximum Gasteiger partial charge on any atom is 0.175 e. The fourth-order valence-corrected chi connectivity index (χ4v) is 4.61. The van der Waals surface area contributed by atoms with Gasteiger partial charge in [-0.25, -0.2) is 0 Å². The molecule has 0 aliphatic carbocycles. The molecule has 0 radical (unpaired) electrons. The van der Waals surface area contributed by atoms with E-state index < -0.39 is 0 Å². The first-order valence-electron chi connectivity index (χ1n) is 14.2. The number of hydrogen-bond acceptors (Lipinski definition) is 4. The first kappa shape index (κ1) is 27.6. The number of hydrogen-bond donors (Lipinski definition) is 1. The quantitative estimate of drug-likeness (QED) is 0.168. The summed E-state index contributed by atoms with van der Waals surface area (Å²) in [5.41, 5.74) is 4.08. The van der Waals surface area contributed by atoms with Gasteiger partial charge >= 0.3 is 0 Å². The van der Waals surface area contributed by atoms with Crippen molar-refractivity contribution in [3.63, 3.8) is 0 Å². The Bertz CT molecular complexity index is 1660. The van der Waals surface area contributed by atoms with Crippen LogP contribution in [0.25, 0.3) is 0 Å². The lowest BCUT2D eigenvalue weighted by Gasteiger charge is -2.17. The number of para-hydroxylation sites is 4. The molecule has 0 heterocycles. The normalized spacial score (nSPS) is 10.7. The zero-order valence-electron chi connectivity index (χ0n) is 24.1. The van der Waals surface area contributed by atoms with Crippen LogP contribution in [0.5, 0.6) is 46.0 Å². The molecule has 43 heavy (non-hydrogen) atoms. The Morgan fingerprint density at radius 3 is 0.884 bits per heavy atom. The second kappa shape index (κ2) is 13.0. The van der Waals surface area contributed by atoms with E-state index in [0.717, 1.165) is 45.5 Å². The summed E-state index contributed by atoms with van der Waals surface area (Å²) >= 11 is 0. The Labute approximate surface area is 251 Å². The van der Waals surface area contributed by atoms with Crippen molar-refractivity contribution in [1.82, 2.24) is 0 Å². The molecular weight excluding hydrogens is 534 g/mol. The van der Waals surface area contributed by atoms with Crippen LogP contribution in [0.2, 0.25) is 0 Å². The molecule has 0 saturated carbocycles. The molecule has 5 heteroatoms. The van der Waals surface area contributed by atoms with Gasteiger partial charge in [0.1, 0.15) is 34.4 Å². The summed E-state index contributed by atoms with van der Waals surface area (Å²) < 4.78 is 25.2. The maximum atomic E-state index is 6.34. The van der Waals surface area contributed by atoms with Crippen molar-refractivity contribution in [3.8, 4) is 46.0 Å². The van der Waals surface area contributed by atoms with Crippen LogP contribution in [0.4, 0.5) is 11.4 Å². The number of benzene rings is 6. The van der Waals surface area contributed by atoms with E-state index in [1.165, 1.54) is 0 Å². The van der Waals surface area contributed by atoms with Gasteiger partial charge in [-0.2, -0.15) is 0 Å². The van der Waals surface area contributed by atoms with Gasteiger partial charge in [-0.1, -0.05) is 72.8 Å². The van der Waals surface area contributed by atoms with Crippen molar-refractivity contribution in [1.29, 1.82) is 0 Å². The summed E-state index contributed by atoms with van der Waals surface area (Å²) in [6.45, 7) is 4.14. The van der Waals surface area contributed by atoms with Crippen molar-refractivity contribution in [2.45, 2.75) is 13.8 Å². The third-order valence-corrected chi connectivity index (χ3v) is 6.86. The highest BCUT2D eigenvalue weighted by Crippen LogP contribution is 2.40. The highest BCUT2D eigenvalue weighted by atomic mass is 16.5. The van der Waals surface area contributed by atoms with Crippen LogP contribution >= 0.6 is 0 Å². The Hall–Kier alpha value is -5.52. The number of nitrogens with two attached hydrogens (primary N) is 1. The minimum atomic E-state index is 0.620. The van der Waals surface area contributed by atoms with Gasteiger partial charge in [0.25, 0.3) is 0 Å². The van der Waals surface area contributed by atoms with Crippen molar-refractivity contribution in [3.05, 3.63) is 157 Å². The van der Waals surface area contributed by atoms with Gasteiger partial charge in [-0.15, -0.1) is 0 Å². The summed E-state index contributed by atoms with van der Waals surface area (Å²) in [7, 11) is 0. The van der Waals surface area contributed by atoms with Crippen LogP contribution in [0.3, 0.4) is 0 Å². The third kappa shape index (κ3) is 7.04. The fourth-order valence-electron chi connectivity index (χ4n) is 4.61. The summed E-state index contributed by atoms with van der Waals surface area (Å²) in [5.74, 6) is 5.46. The second-order valence-electron chi connectivity index (χ2n) is 10.1. The largest absolute Gasteiger partial charge is 0.453 e. The number of quaternary nitrogens is 1. The van der Waals surface area contributed by atoms with E-state index in [0.29, 0.717) is 23.0 Å². The summed E-state index contributed by atoms with van der Waals surface area (Å²) in [5, 5.41) is 2.14. The molecule has 0 bridgehead atoms. The molecule has 0 aromatic heterocycles. The molecule has 212 valence electrons. The van der Waals surface area contributed by atoms with E-state index in [2.05, 4.69) is 19.2 Å². The Morgan fingerprint density at radius 1 is 0.349 bits per heavy atom. The molecule has 0 amide bonds. The molecule has 0 fully saturated rings. The van der Waals surface area contributed by atoms with Crippen LogP contribution < -0.4 is 24.3 Å². The SMILES string of the molecule is Cc1cc(Oc2ccccc2)c(Oc2ccccc2)cc1[NH2+]c1cc(Oc2ccccc2)c(Oc2ccccc2)cc1C. The first-order chi connectivity index (χ1) is 21.1. The zero-order valence-corrected chi connectivity index (χ0v) is 24.1. The van der Waals surface area contributed by atoms with Crippen LogP contribution in [0.15, 0.2) is 146 Å². The molecule has 6 rings (SSSR count). The highest BCUT2D eigenvalue weighted by molar-refractivity contribution is 5.60. The lowest BCUT2D eigenvalue weighted by Crippen LogP contribution is -2.71. The van der Waals surface area contributed by atoms with E-state index in [9.17, 15) is 0 Å². The van der Waals surface area contributed by atoms with Gasteiger partial charge in [0, 0.05) is 23.3 Å². The molecule has 0 saturated heterocycles. The van der Waals surface area contributed by atoms with Gasteiger partial charge < -0.3 is 18.9 Å². The Balaban J connectivity index is 1.36. The van der Waals surface area contributed by atoms with Crippen LogP contribution in [0, 0.1) is 13.8 Å². The summed E-state index contributed by atoms with van der Waals surface area (Å²) in [6.07, 6.45) is 0. The smallest absolute Gasteiger partial charge is 0.175 e. The van der Waals surface area contributed by atoms with Crippen molar-refractivity contribution < 1.29 is 24.3 Å². The van der Waals surface area contributed by atoms with Gasteiger partial charge in [-0.3, -0.25) is 5.32 Å². The first-order valence-corrected chi connectivity index (χ1v) is 14.2. The van der Waals surface area contributed by atoms with E-state index in [-0.39, 0.29) is 0 Å². The van der Waals surface area contributed by atoms with E-state index >= 15 is 0 Å². The molecule has 2 N–H and O–H groups in total. The Kier molecular flexibility index (Phi) is 8.34. The standard InChI is InChI=1S/C38H31NO4/c1-27-23-35(40-29-15-7-3-8-16-29)37(42-31-19-11-5-12-20-31)25-33(27)39-34-26-38(43-32-21-13-6-14-22-32)36(24-28(34)2)41-30-17-9-4-10-18-30/h3-26,39H,1-2H3/p+1.